The number of esters is 1. The summed E-state index contributed by atoms with van der Waals surface area (Å²) in [5, 5.41) is 8.66. The maximum Gasteiger partial charge on any atom is 0.337 e. The zero-order valence-corrected chi connectivity index (χ0v) is 12.7. The summed E-state index contributed by atoms with van der Waals surface area (Å²) in [5.74, 6) is -1.75. The van der Waals surface area contributed by atoms with Crippen LogP contribution in [0.15, 0.2) is 23.1 Å². The fraction of sp³-hybridized carbons (Fsp3) is 0.385. The SMILES string of the molecule is COC(=O)c1ccc(C)c(S(=O)(=O)NC(C)CC(=O)O)c1. The number of aliphatic carboxylic acids is 1. The summed E-state index contributed by atoms with van der Waals surface area (Å²) >= 11 is 0. The van der Waals surface area contributed by atoms with Crippen molar-refractivity contribution in [3.63, 3.8) is 0 Å². The molecule has 0 saturated heterocycles. The first-order valence-electron chi connectivity index (χ1n) is 6.10. The van der Waals surface area contributed by atoms with Crippen LogP contribution in [0, 0.1) is 6.92 Å². The van der Waals surface area contributed by atoms with Gasteiger partial charge in [0.05, 0.1) is 24.0 Å². The lowest BCUT2D eigenvalue weighted by molar-refractivity contribution is -0.137. The van der Waals surface area contributed by atoms with E-state index in [1.54, 1.807) is 6.92 Å². The quantitative estimate of drug-likeness (QED) is 0.756. The number of carbonyl (C=O) groups is 2. The number of rotatable bonds is 6. The van der Waals surface area contributed by atoms with E-state index in [9.17, 15) is 18.0 Å². The Bertz CT molecular complexity index is 653. The average Bonchev–Trinajstić information content (AvgIpc) is 2.36. The summed E-state index contributed by atoms with van der Waals surface area (Å²) < 4.78 is 31.3. The third kappa shape index (κ3) is 4.54. The molecule has 0 heterocycles. The molecule has 7 nitrogen and oxygen atoms in total. The van der Waals surface area contributed by atoms with Gasteiger partial charge in [0.1, 0.15) is 0 Å². The fourth-order valence-electron chi connectivity index (χ4n) is 1.77. The molecule has 1 aromatic rings. The van der Waals surface area contributed by atoms with Gasteiger partial charge < -0.3 is 9.84 Å². The third-order valence-electron chi connectivity index (χ3n) is 2.74. The highest BCUT2D eigenvalue weighted by molar-refractivity contribution is 7.89. The maximum absolute atomic E-state index is 12.3. The number of carboxylic acids is 1. The maximum atomic E-state index is 12.3. The summed E-state index contributed by atoms with van der Waals surface area (Å²) in [4.78, 5) is 22.0. The molecule has 1 atom stereocenters. The van der Waals surface area contributed by atoms with Gasteiger partial charge in [-0.25, -0.2) is 17.9 Å². The highest BCUT2D eigenvalue weighted by atomic mass is 32.2. The number of nitrogens with one attached hydrogen (secondary N) is 1. The van der Waals surface area contributed by atoms with Gasteiger partial charge in [-0.3, -0.25) is 4.79 Å². The van der Waals surface area contributed by atoms with Crippen LogP contribution in [0.5, 0.6) is 0 Å². The van der Waals surface area contributed by atoms with Gasteiger partial charge in [0.2, 0.25) is 10.0 Å². The second kappa shape index (κ2) is 6.68. The van der Waals surface area contributed by atoms with Crippen LogP contribution in [0.1, 0.15) is 29.3 Å². The van der Waals surface area contributed by atoms with Crippen molar-refractivity contribution in [1.29, 1.82) is 0 Å². The van der Waals surface area contributed by atoms with Gasteiger partial charge in [0, 0.05) is 6.04 Å². The normalized spacial score (nSPS) is 12.7. The number of methoxy groups -OCH3 is 1. The molecule has 1 aromatic carbocycles. The Morgan fingerprint density at radius 3 is 2.52 bits per heavy atom. The molecule has 0 bridgehead atoms. The fourth-order valence-corrected chi connectivity index (χ4v) is 3.28. The molecule has 116 valence electrons. The van der Waals surface area contributed by atoms with E-state index < -0.39 is 28.0 Å². The molecular formula is C13H17NO6S. The van der Waals surface area contributed by atoms with E-state index in [0.29, 0.717) is 5.56 Å². The second-order valence-electron chi connectivity index (χ2n) is 4.59. The van der Waals surface area contributed by atoms with Crippen LogP contribution in [0.25, 0.3) is 0 Å². The van der Waals surface area contributed by atoms with Gasteiger partial charge in [-0.05, 0) is 31.5 Å². The van der Waals surface area contributed by atoms with Crippen LogP contribution in [0.3, 0.4) is 0 Å². The smallest absolute Gasteiger partial charge is 0.337 e. The molecule has 0 amide bonds. The van der Waals surface area contributed by atoms with E-state index in [1.165, 1.54) is 32.2 Å². The van der Waals surface area contributed by atoms with E-state index in [0.717, 1.165) is 0 Å². The van der Waals surface area contributed by atoms with E-state index in [-0.39, 0.29) is 16.9 Å². The van der Waals surface area contributed by atoms with Crippen molar-refractivity contribution < 1.29 is 27.9 Å². The van der Waals surface area contributed by atoms with Crippen molar-refractivity contribution in [2.45, 2.75) is 31.2 Å². The minimum absolute atomic E-state index is 0.0809. The van der Waals surface area contributed by atoms with Gasteiger partial charge in [-0.2, -0.15) is 0 Å². The van der Waals surface area contributed by atoms with Crippen molar-refractivity contribution in [2.75, 3.05) is 7.11 Å². The summed E-state index contributed by atoms with van der Waals surface area (Å²) in [6, 6.07) is 3.38. The van der Waals surface area contributed by atoms with Gasteiger partial charge in [-0.1, -0.05) is 6.07 Å². The molecule has 8 heteroatoms. The van der Waals surface area contributed by atoms with Crippen LogP contribution in [-0.2, 0) is 19.6 Å². The Morgan fingerprint density at radius 1 is 1.38 bits per heavy atom. The van der Waals surface area contributed by atoms with Crippen LogP contribution >= 0.6 is 0 Å². The third-order valence-corrected chi connectivity index (χ3v) is 4.47. The molecule has 1 unspecified atom stereocenters. The summed E-state index contributed by atoms with van der Waals surface area (Å²) in [7, 11) is -2.72. The molecule has 0 saturated carbocycles. The first-order chi connectivity index (χ1) is 9.67. The Morgan fingerprint density at radius 2 is 2.00 bits per heavy atom. The number of aryl methyl sites for hydroxylation is 1. The lowest BCUT2D eigenvalue weighted by atomic mass is 10.1. The van der Waals surface area contributed by atoms with E-state index in [2.05, 4.69) is 9.46 Å². The predicted molar refractivity (Wildman–Crippen MR) is 74.6 cm³/mol. The molecule has 0 fully saturated rings. The van der Waals surface area contributed by atoms with Crippen molar-refractivity contribution in [3.8, 4) is 0 Å². The van der Waals surface area contributed by atoms with Crippen molar-refractivity contribution in [1.82, 2.24) is 4.72 Å². The van der Waals surface area contributed by atoms with E-state index in [4.69, 9.17) is 5.11 Å². The molecule has 2 N–H and O–H groups in total. The lowest BCUT2D eigenvalue weighted by Gasteiger charge is -2.14. The molecular weight excluding hydrogens is 298 g/mol. The van der Waals surface area contributed by atoms with E-state index in [1.807, 2.05) is 0 Å². The topological polar surface area (TPSA) is 110 Å². The number of carboxylic acid groups (broad SMARTS) is 1. The number of sulfonamides is 1. The molecule has 0 spiro atoms. The zero-order valence-electron chi connectivity index (χ0n) is 11.9. The Hall–Kier alpha value is -1.93. The molecule has 0 aliphatic heterocycles. The molecule has 0 aliphatic rings. The highest BCUT2D eigenvalue weighted by Gasteiger charge is 2.22. The minimum Gasteiger partial charge on any atom is -0.481 e. The van der Waals surface area contributed by atoms with Gasteiger partial charge in [0.25, 0.3) is 0 Å². The van der Waals surface area contributed by atoms with Crippen LogP contribution < -0.4 is 4.72 Å². The molecule has 0 aliphatic carbocycles. The van der Waals surface area contributed by atoms with Crippen LogP contribution in [0.2, 0.25) is 0 Å². The number of benzene rings is 1. The number of carbonyl (C=O) groups excluding carboxylic acids is 1. The molecule has 0 radical (unpaired) electrons. The standard InChI is InChI=1S/C13H17NO6S/c1-8-4-5-10(13(17)20-3)7-11(8)21(18,19)14-9(2)6-12(15)16/h4-5,7,9,14H,6H2,1-3H3,(H,15,16). The highest BCUT2D eigenvalue weighted by Crippen LogP contribution is 2.18. The summed E-state index contributed by atoms with van der Waals surface area (Å²) in [6.07, 6.45) is -0.338. The monoisotopic (exact) mass is 315 g/mol. The van der Waals surface area contributed by atoms with Crippen molar-refractivity contribution in [3.05, 3.63) is 29.3 Å². The Kier molecular flexibility index (Phi) is 5.45. The molecule has 0 aromatic heterocycles. The molecule has 21 heavy (non-hydrogen) atoms. The van der Waals surface area contributed by atoms with Crippen LogP contribution in [-0.4, -0.2) is 38.6 Å². The average molecular weight is 315 g/mol. The Balaban J connectivity index is 3.13. The first kappa shape index (κ1) is 17.1. The predicted octanol–water partition coefficient (Wildman–Crippen LogP) is 0.923. The number of hydrogen-bond donors (Lipinski definition) is 2. The van der Waals surface area contributed by atoms with Crippen molar-refractivity contribution >= 4 is 22.0 Å². The van der Waals surface area contributed by atoms with E-state index >= 15 is 0 Å². The molecule has 1 rings (SSSR count). The largest absolute Gasteiger partial charge is 0.481 e. The van der Waals surface area contributed by atoms with Gasteiger partial charge in [0.15, 0.2) is 0 Å². The summed E-state index contributed by atoms with van der Waals surface area (Å²) in [6.45, 7) is 3.03. The summed E-state index contributed by atoms with van der Waals surface area (Å²) in [5.41, 5.74) is 0.548. The zero-order chi connectivity index (χ0) is 16.2. The first-order valence-corrected chi connectivity index (χ1v) is 7.58. The number of hydrogen-bond acceptors (Lipinski definition) is 5. The Labute approximate surface area is 123 Å². The number of ether oxygens (including phenoxy) is 1. The van der Waals surface area contributed by atoms with Crippen LogP contribution in [0.4, 0.5) is 0 Å². The minimum atomic E-state index is -3.92. The second-order valence-corrected chi connectivity index (χ2v) is 6.27. The van der Waals surface area contributed by atoms with Crippen molar-refractivity contribution in [2.24, 2.45) is 0 Å². The lowest BCUT2D eigenvalue weighted by Crippen LogP contribution is -2.34. The van der Waals surface area contributed by atoms with Gasteiger partial charge in [-0.15, -0.1) is 0 Å². The van der Waals surface area contributed by atoms with Gasteiger partial charge >= 0.3 is 11.9 Å².